The summed E-state index contributed by atoms with van der Waals surface area (Å²) in [4.78, 5) is 5.03. The molecule has 3 aromatic rings. The molecule has 0 aliphatic carbocycles. The van der Waals surface area contributed by atoms with Crippen molar-refractivity contribution in [2.75, 3.05) is 0 Å². The molecule has 0 amide bonds. The number of halogens is 3. The fourth-order valence-electron chi connectivity index (χ4n) is 2.18. The summed E-state index contributed by atoms with van der Waals surface area (Å²) in [6.45, 7) is 3.63. The number of fused-ring (bicyclic) bond motifs is 1. The van der Waals surface area contributed by atoms with E-state index in [1.54, 1.807) is 13.1 Å². The van der Waals surface area contributed by atoms with E-state index in [9.17, 15) is 13.2 Å². The standard InChI is InChI=1S/C13H10F3N3S/c1-6-12(20-7(2)18-6)9-3-8(13(14,15)16)4-11-10(9)5-17-19-11/h3-5H,1-2H3,(H,17,19). The van der Waals surface area contributed by atoms with Gasteiger partial charge in [0.25, 0.3) is 0 Å². The van der Waals surface area contributed by atoms with Crippen molar-refractivity contribution in [2.24, 2.45) is 0 Å². The number of hydrogen-bond donors (Lipinski definition) is 1. The molecule has 0 aliphatic heterocycles. The number of rotatable bonds is 1. The third-order valence-corrected chi connectivity index (χ3v) is 4.14. The zero-order chi connectivity index (χ0) is 14.5. The number of nitrogens with zero attached hydrogens (tertiary/aromatic N) is 2. The summed E-state index contributed by atoms with van der Waals surface area (Å²) < 4.78 is 38.9. The van der Waals surface area contributed by atoms with E-state index in [1.165, 1.54) is 11.3 Å². The van der Waals surface area contributed by atoms with Crippen molar-refractivity contribution in [2.45, 2.75) is 20.0 Å². The lowest BCUT2D eigenvalue weighted by atomic mass is 10.0. The van der Waals surface area contributed by atoms with E-state index in [1.807, 2.05) is 6.92 Å². The van der Waals surface area contributed by atoms with Crippen LogP contribution in [0.5, 0.6) is 0 Å². The molecule has 0 spiro atoms. The molecular formula is C13H10F3N3S. The number of aromatic nitrogens is 3. The number of alkyl halides is 3. The lowest BCUT2D eigenvalue weighted by Crippen LogP contribution is -2.05. The molecular weight excluding hydrogens is 287 g/mol. The molecule has 0 saturated carbocycles. The van der Waals surface area contributed by atoms with Crippen LogP contribution in [0.15, 0.2) is 18.3 Å². The molecule has 3 nitrogen and oxygen atoms in total. The monoisotopic (exact) mass is 297 g/mol. The summed E-state index contributed by atoms with van der Waals surface area (Å²) in [6, 6.07) is 2.24. The summed E-state index contributed by atoms with van der Waals surface area (Å²) in [5.74, 6) is 0. The first-order valence-corrected chi connectivity index (χ1v) is 6.66. The van der Waals surface area contributed by atoms with Crippen molar-refractivity contribution >= 4 is 22.2 Å². The van der Waals surface area contributed by atoms with Gasteiger partial charge in [0.15, 0.2) is 0 Å². The van der Waals surface area contributed by atoms with Crippen LogP contribution >= 0.6 is 11.3 Å². The van der Waals surface area contributed by atoms with Crippen molar-refractivity contribution in [1.82, 2.24) is 15.2 Å². The highest BCUT2D eigenvalue weighted by Gasteiger charge is 2.32. The minimum absolute atomic E-state index is 0.375. The maximum Gasteiger partial charge on any atom is 0.416 e. The molecule has 104 valence electrons. The Bertz CT molecular complexity index is 786. The van der Waals surface area contributed by atoms with Crippen molar-refractivity contribution in [3.8, 4) is 10.4 Å². The van der Waals surface area contributed by atoms with Crippen LogP contribution in [0.1, 0.15) is 16.3 Å². The molecule has 0 saturated heterocycles. The third kappa shape index (κ3) is 2.07. The molecule has 1 aromatic carbocycles. The quantitative estimate of drug-likeness (QED) is 0.726. The van der Waals surface area contributed by atoms with Crippen LogP contribution in [0, 0.1) is 13.8 Å². The second-order valence-electron chi connectivity index (χ2n) is 4.50. The molecule has 0 unspecified atom stereocenters. The third-order valence-electron chi connectivity index (χ3n) is 3.03. The molecule has 3 rings (SSSR count). The highest BCUT2D eigenvalue weighted by Crippen LogP contribution is 2.39. The van der Waals surface area contributed by atoms with Gasteiger partial charge in [-0.15, -0.1) is 11.3 Å². The van der Waals surface area contributed by atoms with E-state index in [-0.39, 0.29) is 0 Å². The Morgan fingerprint density at radius 3 is 2.55 bits per heavy atom. The van der Waals surface area contributed by atoms with Gasteiger partial charge in [0.05, 0.1) is 32.9 Å². The molecule has 1 N–H and O–H groups in total. The van der Waals surface area contributed by atoms with Crippen LogP contribution in [0.3, 0.4) is 0 Å². The largest absolute Gasteiger partial charge is 0.416 e. The van der Waals surface area contributed by atoms with Crippen LogP contribution in [-0.4, -0.2) is 15.2 Å². The van der Waals surface area contributed by atoms with E-state index >= 15 is 0 Å². The Kier molecular flexibility index (Phi) is 2.82. The highest BCUT2D eigenvalue weighted by atomic mass is 32.1. The van der Waals surface area contributed by atoms with Crippen molar-refractivity contribution in [1.29, 1.82) is 0 Å². The van der Waals surface area contributed by atoms with Gasteiger partial charge >= 0.3 is 6.18 Å². The van der Waals surface area contributed by atoms with Gasteiger partial charge in [0, 0.05) is 10.9 Å². The van der Waals surface area contributed by atoms with Crippen LogP contribution in [0.2, 0.25) is 0 Å². The number of H-pyrrole nitrogens is 1. The van der Waals surface area contributed by atoms with E-state index in [2.05, 4.69) is 15.2 Å². The predicted molar refractivity (Wildman–Crippen MR) is 71.7 cm³/mol. The minimum atomic E-state index is -4.39. The molecule has 0 atom stereocenters. The Hall–Kier alpha value is -1.89. The molecule has 20 heavy (non-hydrogen) atoms. The molecule has 0 radical (unpaired) electrons. The summed E-state index contributed by atoms with van der Waals surface area (Å²) in [7, 11) is 0. The predicted octanol–water partition coefficient (Wildman–Crippen LogP) is 4.32. The fourth-order valence-corrected chi connectivity index (χ4v) is 3.13. The maximum atomic E-state index is 13.0. The number of aryl methyl sites for hydroxylation is 2. The van der Waals surface area contributed by atoms with Crippen LogP contribution in [0.25, 0.3) is 21.3 Å². The summed E-state index contributed by atoms with van der Waals surface area (Å²) in [5.41, 5.74) is 0.941. The fraction of sp³-hybridized carbons (Fsp3) is 0.231. The van der Waals surface area contributed by atoms with Crippen molar-refractivity contribution < 1.29 is 13.2 Å². The van der Waals surface area contributed by atoms with Crippen molar-refractivity contribution in [3.63, 3.8) is 0 Å². The number of aromatic amines is 1. The van der Waals surface area contributed by atoms with Crippen molar-refractivity contribution in [3.05, 3.63) is 34.6 Å². The minimum Gasteiger partial charge on any atom is -0.278 e. The van der Waals surface area contributed by atoms with E-state index < -0.39 is 11.7 Å². The average Bonchev–Trinajstić information content (AvgIpc) is 2.92. The van der Waals surface area contributed by atoms with Gasteiger partial charge in [0.1, 0.15) is 0 Å². The normalized spacial score (nSPS) is 12.2. The molecule has 2 aromatic heterocycles. The smallest absolute Gasteiger partial charge is 0.278 e. The zero-order valence-electron chi connectivity index (χ0n) is 10.7. The molecule has 0 bridgehead atoms. The topological polar surface area (TPSA) is 41.6 Å². The lowest BCUT2D eigenvalue weighted by Gasteiger charge is -2.09. The number of hydrogen-bond acceptors (Lipinski definition) is 3. The first-order valence-electron chi connectivity index (χ1n) is 5.85. The second-order valence-corrected chi connectivity index (χ2v) is 5.70. The number of benzene rings is 1. The summed E-state index contributed by atoms with van der Waals surface area (Å²) >= 11 is 1.38. The summed E-state index contributed by atoms with van der Waals surface area (Å²) in [6.07, 6.45) is -2.85. The molecule has 7 heteroatoms. The van der Waals surface area contributed by atoms with Crippen LogP contribution < -0.4 is 0 Å². The number of thiazole rings is 1. The zero-order valence-corrected chi connectivity index (χ0v) is 11.5. The first-order chi connectivity index (χ1) is 9.36. The Balaban J connectivity index is 2.33. The van der Waals surface area contributed by atoms with Gasteiger partial charge in [-0.3, -0.25) is 5.10 Å². The SMILES string of the molecule is Cc1nc(C)c(-c2cc(C(F)(F)F)cc3[nH]ncc23)s1. The Morgan fingerprint density at radius 2 is 1.95 bits per heavy atom. The van der Waals surface area contributed by atoms with Gasteiger partial charge in [0.2, 0.25) is 0 Å². The van der Waals surface area contributed by atoms with E-state index in [0.717, 1.165) is 27.7 Å². The molecule has 0 fully saturated rings. The maximum absolute atomic E-state index is 13.0. The van der Waals surface area contributed by atoms with Crippen LogP contribution in [-0.2, 0) is 6.18 Å². The summed E-state index contributed by atoms with van der Waals surface area (Å²) in [5, 5.41) is 7.94. The lowest BCUT2D eigenvalue weighted by molar-refractivity contribution is -0.137. The van der Waals surface area contributed by atoms with Gasteiger partial charge in [-0.25, -0.2) is 4.98 Å². The van der Waals surface area contributed by atoms with Crippen LogP contribution in [0.4, 0.5) is 13.2 Å². The Morgan fingerprint density at radius 1 is 1.20 bits per heavy atom. The van der Waals surface area contributed by atoms with Gasteiger partial charge in [-0.1, -0.05) is 0 Å². The van der Waals surface area contributed by atoms with Gasteiger partial charge in [-0.05, 0) is 26.0 Å². The van der Waals surface area contributed by atoms with E-state index in [0.29, 0.717) is 16.5 Å². The van der Waals surface area contributed by atoms with Gasteiger partial charge in [-0.2, -0.15) is 18.3 Å². The molecule has 2 heterocycles. The second kappa shape index (κ2) is 4.31. The highest BCUT2D eigenvalue weighted by molar-refractivity contribution is 7.15. The molecule has 0 aliphatic rings. The van der Waals surface area contributed by atoms with E-state index in [4.69, 9.17) is 0 Å². The Labute approximate surface area is 116 Å². The number of nitrogens with one attached hydrogen (secondary N) is 1. The van der Waals surface area contributed by atoms with Gasteiger partial charge < -0.3 is 0 Å². The first kappa shape index (κ1) is 13.1. The average molecular weight is 297 g/mol.